The number of hydrogen-bond acceptors (Lipinski definition) is 4. The van der Waals surface area contributed by atoms with Crippen LogP contribution < -0.4 is 5.32 Å². The summed E-state index contributed by atoms with van der Waals surface area (Å²) < 4.78 is 0. The Kier molecular flexibility index (Phi) is 3.95. The maximum absolute atomic E-state index is 4.52. The SMILES string of the molecule is Cc1nc(CCN2CC(C)NCC2C)cs1. The summed E-state index contributed by atoms with van der Waals surface area (Å²) in [5.41, 5.74) is 1.25. The van der Waals surface area contributed by atoms with Crippen molar-refractivity contribution in [3.8, 4) is 0 Å². The van der Waals surface area contributed by atoms with E-state index in [1.54, 1.807) is 11.3 Å². The van der Waals surface area contributed by atoms with Crippen LogP contribution in [-0.4, -0.2) is 41.6 Å². The molecular formula is C12H21N3S. The summed E-state index contributed by atoms with van der Waals surface area (Å²) in [4.78, 5) is 7.08. The van der Waals surface area contributed by atoms with Gasteiger partial charge < -0.3 is 5.32 Å². The molecule has 2 heterocycles. The van der Waals surface area contributed by atoms with E-state index in [1.165, 1.54) is 10.7 Å². The number of aryl methyl sites for hydroxylation is 1. The van der Waals surface area contributed by atoms with Gasteiger partial charge in [0, 0.05) is 43.5 Å². The Labute approximate surface area is 102 Å². The lowest BCUT2D eigenvalue weighted by Gasteiger charge is -2.37. The minimum absolute atomic E-state index is 0.619. The molecule has 0 amide bonds. The largest absolute Gasteiger partial charge is 0.311 e. The Hall–Kier alpha value is -0.450. The molecule has 1 aliphatic rings. The molecule has 2 atom stereocenters. The van der Waals surface area contributed by atoms with E-state index in [0.717, 1.165) is 26.1 Å². The summed E-state index contributed by atoms with van der Waals surface area (Å²) in [7, 11) is 0. The number of hydrogen-bond donors (Lipinski definition) is 1. The molecule has 16 heavy (non-hydrogen) atoms. The Morgan fingerprint density at radius 3 is 3.06 bits per heavy atom. The van der Waals surface area contributed by atoms with Gasteiger partial charge in [0.25, 0.3) is 0 Å². The second-order valence-corrected chi connectivity index (χ2v) is 5.82. The highest BCUT2D eigenvalue weighted by Crippen LogP contribution is 2.11. The standard InChI is InChI=1S/C12H21N3S/c1-9-7-15(10(2)6-13-9)5-4-12-8-16-11(3)14-12/h8-10,13H,4-7H2,1-3H3. The van der Waals surface area contributed by atoms with Crippen molar-refractivity contribution in [2.24, 2.45) is 0 Å². The van der Waals surface area contributed by atoms with Gasteiger partial charge in [-0.05, 0) is 20.8 Å². The molecular weight excluding hydrogens is 218 g/mol. The fourth-order valence-corrected chi connectivity index (χ4v) is 2.84. The minimum atomic E-state index is 0.619. The molecule has 0 spiro atoms. The molecule has 3 nitrogen and oxygen atoms in total. The van der Waals surface area contributed by atoms with Crippen LogP contribution in [0.1, 0.15) is 24.5 Å². The van der Waals surface area contributed by atoms with E-state index in [4.69, 9.17) is 0 Å². The number of piperazine rings is 1. The van der Waals surface area contributed by atoms with Crippen molar-refractivity contribution < 1.29 is 0 Å². The van der Waals surface area contributed by atoms with Crippen molar-refractivity contribution >= 4 is 11.3 Å². The van der Waals surface area contributed by atoms with E-state index in [2.05, 4.69) is 41.4 Å². The quantitative estimate of drug-likeness (QED) is 0.870. The first kappa shape index (κ1) is 12.0. The highest BCUT2D eigenvalue weighted by atomic mass is 32.1. The van der Waals surface area contributed by atoms with Gasteiger partial charge in [0.2, 0.25) is 0 Å². The van der Waals surface area contributed by atoms with Crippen LogP contribution >= 0.6 is 11.3 Å². The van der Waals surface area contributed by atoms with Crippen LogP contribution in [0.2, 0.25) is 0 Å². The average molecular weight is 239 g/mol. The summed E-state index contributed by atoms with van der Waals surface area (Å²) in [6.45, 7) is 10.0. The van der Waals surface area contributed by atoms with Crippen LogP contribution in [0.15, 0.2) is 5.38 Å². The third-order valence-electron chi connectivity index (χ3n) is 3.22. The molecule has 1 N–H and O–H groups in total. The third kappa shape index (κ3) is 3.03. The molecule has 0 saturated carbocycles. The van der Waals surface area contributed by atoms with E-state index in [1.807, 2.05) is 0 Å². The molecule has 90 valence electrons. The van der Waals surface area contributed by atoms with Crippen LogP contribution in [0, 0.1) is 6.92 Å². The van der Waals surface area contributed by atoms with Gasteiger partial charge in [-0.25, -0.2) is 4.98 Å². The predicted octanol–water partition coefficient (Wildman–Crippen LogP) is 1.68. The van der Waals surface area contributed by atoms with E-state index >= 15 is 0 Å². The zero-order valence-electron chi connectivity index (χ0n) is 10.4. The van der Waals surface area contributed by atoms with E-state index < -0.39 is 0 Å². The normalized spacial score (nSPS) is 27.2. The Morgan fingerprint density at radius 2 is 2.38 bits per heavy atom. The van der Waals surface area contributed by atoms with Gasteiger partial charge >= 0.3 is 0 Å². The molecule has 1 aromatic heterocycles. The first-order chi connectivity index (χ1) is 7.65. The van der Waals surface area contributed by atoms with Crippen molar-refractivity contribution in [3.05, 3.63) is 16.1 Å². The molecule has 1 saturated heterocycles. The van der Waals surface area contributed by atoms with Gasteiger partial charge in [-0.1, -0.05) is 0 Å². The van der Waals surface area contributed by atoms with Crippen LogP contribution in [0.25, 0.3) is 0 Å². The minimum Gasteiger partial charge on any atom is -0.311 e. The summed E-state index contributed by atoms with van der Waals surface area (Å²) in [5, 5.41) is 6.87. The fourth-order valence-electron chi connectivity index (χ4n) is 2.19. The summed E-state index contributed by atoms with van der Waals surface area (Å²) in [5.74, 6) is 0. The molecule has 1 aliphatic heterocycles. The lowest BCUT2D eigenvalue weighted by molar-refractivity contribution is 0.148. The van der Waals surface area contributed by atoms with Crippen molar-refractivity contribution in [3.63, 3.8) is 0 Å². The van der Waals surface area contributed by atoms with Crippen molar-refractivity contribution in [1.82, 2.24) is 15.2 Å². The zero-order valence-corrected chi connectivity index (χ0v) is 11.2. The predicted molar refractivity (Wildman–Crippen MR) is 69.1 cm³/mol. The van der Waals surface area contributed by atoms with E-state index in [9.17, 15) is 0 Å². The highest BCUT2D eigenvalue weighted by molar-refractivity contribution is 7.09. The number of nitrogens with zero attached hydrogens (tertiary/aromatic N) is 2. The van der Waals surface area contributed by atoms with E-state index in [0.29, 0.717) is 12.1 Å². The maximum Gasteiger partial charge on any atom is 0.0897 e. The molecule has 1 aromatic rings. The zero-order chi connectivity index (χ0) is 11.5. The summed E-state index contributed by atoms with van der Waals surface area (Å²) in [6, 6.07) is 1.27. The van der Waals surface area contributed by atoms with Crippen LogP contribution in [0.4, 0.5) is 0 Å². The molecule has 2 unspecified atom stereocenters. The Balaban J connectivity index is 1.84. The smallest absolute Gasteiger partial charge is 0.0897 e. The molecule has 2 rings (SSSR count). The number of nitrogens with one attached hydrogen (secondary N) is 1. The summed E-state index contributed by atoms with van der Waals surface area (Å²) in [6.07, 6.45) is 1.08. The van der Waals surface area contributed by atoms with Crippen LogP contribution in [0.3, 0.4) is 0 Å². The van der Waals surface area contributed by atoms with Gasteiger partial charge in [-0.3, -0.25) is 4.90 Å². The topological polar surface area (TPSA) is 28.2 Å². The van der Waals surface area contributed by atoms with Gasteiger partial charge in [0.05, 0.1) is 10.7 Å². The fraction of sp³-hybridized carbons (Fsp3) is 0.750. The molecule has 1 fully saturated rings. The van der Waals surface area contributed by atoms with Gasteiger partial charge in [0.15, 0.2) is 0 Å². The average Bonchev–Trinajstić information content (AvgIpc) is 2.66. The maximum atomic E-state index is 4.52. The second-order valence-electron chi connectivity index (χ2n) is 4.76. The molecule has 4 heteroatoms. The second kappa shape index (κ2) is 5.25. The number of aromatic nitrogens is 1. The van der Waals surface area contributed by atoms with Gasteiger partial charge in [0.1, 0.15) is 0 Å². The molecule has 0 aliphatic carbocycles. The number of rotatable bonds is 3. The van der Waals surface area contributed by atoms with Crippen molar-refractivity contribution in [2.45, 2.75) is 39.3 Å². The highest BCUT2D eigenvalue weighted by Gasteiger charge is 2.21. The lowest BCUT2D eigenvalue weighted by Crippen LogP contribution is -2.54. The number of thiazole rings is 1. The van der Waals surface area contributed by atoms with Crippen LogP contribution in [-0.2, 0) is 6.42 Å². The Morgan fingerprint density at radius 1 is 1.56 bits per heavy atom. The van der Waals surface area contributed by atoms with Crippen molar-refractivity contribution in [2.75, 3.05) is 19.6 Å². The van der Waals surface area contributed by atoms with Crippen LogP contribution in [0.5, 0.6) is 0 Å². The molecule has 0 aromatic carbocycles. The third-order valence-corrected chi connectivity index (χ3v) is 4.04. The van der Waals surface area contributed by atoms with Gasteiger partial charge in [-0.2, -0.15) is 0 Å². The summed E-state index contributed by atoms with van der Waals surface area (Å²) >= 11 is 1.75. The molecule has 0 radical (unpaired) electrons. The van der Waals surface area contributed by atoms with Gasteiger partial charge in [-0.15, -0.1) is 11.3 Å². The first-order valence-corrected chi connectivity index (χ1v) is 6.91. The van der Waals surface area contributed by atoms with E-state index in [-0.39, 0.29) is 0 Å². The molecule has 0 bridgehead atoms. The monoisotopic (exact) mass is 239 g/mol. The Bertz CT molecular complexity index is 337. The first-order valence-electron chi connectivity index (χ1n) is 6.03. The lowest BCUT2D eigenvalue weighted by atomic mass is 10.1. The van der Waals surface area contributed by atoms with Crippen molar-refractivity contribution in [1.29, 1.82) is 0 Å².